The van der Waals surface area contributed by atoms with Crippen LogP contribution in [-0.2, 0) is 7.05 Å². The van der Waals surface area contributed by atoms with Crippen molar-refractivity contribution in [3.8, 4) is 11.5 Å². The van der Waals surface area contributed by atoms with Crippen LogP contribution in [0.1, 0.15) is 44.6 Å². The van der Waals surface area contributed by atoms with Crippen LogP contribution in [0.25, 0.3) is 22.7 Å². The Labute approximate surface area is 141 Å². The van der Waals surface area contributed by atoms with Crippen molar-refractivity contribution in [1.82, 2.24) is 19.5 Å². The Hall–Kier alpha value is -2.63. The number of Topliss-reactive ketones (excluding diaryl/α,β-unsaturated/α-hetero) is 1. The highest BCUT2D eigenvalue weighted by atomic mass is 16.1. The van der Waals surface area contributed by atoms with Crippen LogP contribution in [0.4, 0.5) is 5.69 Å². The van der Waals surface area contributed by atoms with Crippen molar-refractivity contribution in [1.29, 1.82) is 0 Å². The fraction of sp³-hybridized carbons (Fsp3) is 0.389. The third kappa shape index (κ3) is 3.18. The van der Waals surface area contributed by atoms with Gasteiger partial charge in [-0.25, -0.2) is 9.97 Å². The van der Waals surface area contributed by atoms with E-state index in [1.165, 1.54) is 0 Å². The molecule has 6 heteroatoms. The van der Waals surface area contributed by atoms with Gasteiger partial charge in [0, 0.05) is 25.2 Å². The maximum absolute atomic E-state index is 11.8. The molecule has 126 valence electrons. The largest absolute Gasteiger partial charge is 0.379 e. The highest BCUT2D eigenvalue weighted by molar-refractivity contribution is 5.95. The van der Waals surface area contributed by atoms with E-state index in [0.717, 1.165) is 22.7 Å². The second-order valence-corrected chi connectivity index (χ2v) is 7.03. The molecular weight excluding hydrogens is 302 g/mol. The lowest BCUT2D eigenvalue weighted by Crippen LogP contribution is -2.25. The summed E-state index contributed by atoms with van der Waals surface area (Å²) in [5.41, 5.74) is 3.84. The quantitative estimate of drug-likeness (QED) is 0.716. The van der Waals surface area contributed by atoms with E-state index >= 15 is 0 Å². The Morgan fingerprint density at radius 3 is 2.71 bits per heavy atom. The van der Waals surface area contributed by atoms with Crippen molar-refractivity contribution < 1.29 is 4.79 Å². The Bertz CT molecular complexity index is 898. The van der Waals surface area contributed by atoms with Crippen LogP contribution >= 0.6 is 0 Å². The number of imidazole rings is 1. The summed E-state index contributed by atoms with van der Waals surface area (Å²) < 4.78 is 2.02. The summed E-state index contributed by atoms with van der Waals surface area (Å²) in [6.07, 6.45) is 2.47. The van der Waals surface area contributed by atoms with E-state index in [4.69, 9.17) is 0 Å². The zero-order chi connectivity index (χ0) is 17.5. The Kier molecular flexibility index (Phi) is 3.91. The number of carbonyl (C=O) groups is 1. The number of anilines is 1. The van der Waals surface area contributed by atoms with Gasteiger partial charge in [0.2, 0.25) is 0 Å². The number of fused-ring (bicyclic) bond motifs is 1. The van der Waals surface area contributed by atoms with Crippen LogP contribution < -0.4 is 5.32 Å². The molecule has 24 heavy (non-hydrogen) atoms. The fourth-order valence-electron chi connectivity index (χ4n) is 2.65. The van der Waals surface area contributed by atoms with Gasteiger partial charge in [0.05, 0.1) is 16.9 Å². The van der Waals surface area contributed by atoms with Crippen LogP contribution in [0.3, 0.4) is 0 Å². The number of hydrogen-bond acceptors (Lipinski definition) is 4. The second-order valence-electron chi connectivity index (χ2n) is 7.03. The number of H-pyrrole nitrogens is 1. The van der Waals surface area contributed by atoms with Gasteiger partial charge in [0.15, 0.2) is 17.3 Å². The molecule has 0 spiro atoms. The SMILES string of the molecule is CCC(=O)c1ccc2[nH]c(-c3cc(NC(C)(C)C)cn3C)nc2n1. The van der Waals surface area contributed by atoms with Gasteiger partial charge in [-0.2, -0.15) is 0 Å². The minimum atomic E-state index is -0.0104. The number of ketones is 1. The topological polar surface area (TPSA) is 75.6 Å². The lowest BCUT2D eigenvalue weighted by Gasteiger charge is -2.20. The maximum Gasteiger partial charge on any atom is 0.180 e. The standard InChI is InChI=1S/C18H23N5O/c1-6-15(24)12-7-8-13-16(19-12)21-17(20-13)14-9-11(10-23(14)5)22-18(2,3)4/h7-10,22H,6H2,1-5H3,(H,19,20,21). The lowest BCUT2D eigenvalue weighted by molar-refractivity contribution is 0.0983. The van der Waals surface area contributed by atoms with Gasteiger partial charge in [-0.05, 0) is 39.0 Å². The number of hydrogen-bond donors (Lipinski definition) is 2. The minimum absolute atomic E-state index is 0.0104. The predicted octanol–water partition coefficient (Wildman–Crippen LogP) is 3.77. The predicted molar refractivity (Wildman–Crippen MR) is 96.3 cm³/mol. The van der Waals surface area contributed by atoms with Crippen molar-refractivity contribution in [3.63, 3.8) is 0 Å². The highest BCUT2D eigenvalue weighted by Gasteiger charge is 2.15. The van der Waals surface area contributed by atoms with Crippen molar-refractivity contribution in [2.75, 3.05) is 5.32 Å². The normalized spacial score (nSPS) is 11.9. The number of pyridine rings is 1. The van der Waals surface area contributed by atoms with Crippen molar-refractivity contribution in [2.24, 2.45) is 7.05 Å². The van der Waals surface area contributed by atoms with E-state index in [9.17, 15) is 4.79 Å². The van der Waals surface area contributed by atoms with Crippen LogP contribution in [-0.4, -0.2) is 30.8 Å². The molecule has 0 saturated carbocycles. The molecule has 0 radical (unpaired) electrons. The number of aromatic amines is 1. The molecule has 0 aromatic carbocycles. The third-order valence-electron chi connectivity index (χ3n) is 3.72. The summed E-state index contributed by atoms with van der Waals surface area (Å²) in [7, 11) is 1.98. The molecule has 3 aromatic rings. The van der Waals surface area contributed by atoms with Crippen LogP contribution in [0.15, 0.2) is 24.4 Å². The first-order valence-corrected chi connectivity index (χ1v) is 8.11. The molecule has 3 rings (SSSR count). The molecule has 6 nitrogen and oxygen atoms in total. The first kappa shape index (κ1) is 16.2. The number of rotatable bonds is 4. The first-order chi connectivity index (χ1) is 11.3. The lowest BCUT2D eigenvalue weighted by atomic mass is 10.1. The zero-order valence-electron chi connectivity index (χ0n) is 14.8. The minimum Gasteiger partial charge on any atom is -0.379 e. The molecule has 0 aliphatic rings. The molecule has 0 fully saturated rings. The van der Waals surface area contributed by atoms with E-state index < -0.39 is 0 Å². The molecule has 0 amide bonds. The van der Waals surface area contributed by atoms with Gasteiger partial charge in [-0.3, -0.25) is 4.79 Å². The van der Waals surface area contributed by atoms with E-state index in [1.807, 2.05) is 30.8 Å². The van der Waals surface area contributed by atoms with Crippen LogP contribution in [0, 0.1) is 0 Å². The van der Waals surface area contributed by atoms with E-state index in [1.54, 1.807) is 6.07 Å². The van der Waals surface area contributed by atoms with Crippen molar-refractivity contribution in [3.05, 3.63) is 30.1 Å². The fourth-order valence-corrected chi connectivity index (χ4v) is 2.65. The van der Waals surface area contributed by atoms with Gasteiger partial charge >= 0.3 is 0 Å². The van der Waals surface area contributed by atoms with E-state index in [-0.39, 0.29) is 11.3 Å². The molecule has 0 unspecified atom stereocenters. The summed E-state index contributed by atoms with van der Waals surface area (Å²) in [6, 6.07) is 5.66. The monoisotopic (exact) mass is 325 g/mol. The number of carbonyl (C=O) groups excluding carboxylic acids is 1. The average Bonchev–Trinajstić information content (AvgIpc) is 3.06. The molecule has 0 bridgehead atoms. The summed E-state index contributed by atoms with van der Waals surface area (Å²) in [5, 5.41) is 3.45. The summed E-state index contributed by atoms with van der Waals surface area (Å²) in [6.45, 7) is 8.20. The van der Waals surface area contributed by atoms with Crippen LogP contribution in [0.5, 0.6) is 0 Å². The summed E-state index contributed by atoms with van der Waals surface area (Å²) >= 11 is 0. The van der Waals surface area contributed by atoms with Gasteiger partial charge in [-0.15, -0.1) is 0 Å². The van der Waals surface area contributed by atoms with Gasteiger partial charge < -0.3 is 14.9 Å². The molecule has 0 aliphatic heterocycles. The smallest absolute Gasteiger partial charge is 0.180 e. The molecule has 0 aliphatic carbocycles. The molecule has 2 N–H and O–H groups in total. The van der Waals surface area contributed by atoms with E-state index in [2.05, 4.69) is 47.1 Å². The Morgan fingerprint density at radius 1 is 1.29 bits per heavy atom. The number of aromatic nitrogens is 4. The second kappa shape index (κ2) is 5.78. The molecule has 0 saturated heterocycles. The summed E-state index contributed by atoms with van der Waals surface area (Å²) in [4.78, 5) is 24.0. The van der Waals surface area contributed by atoms with Gasteiger partial charge in [0.1, 0.15) is 5.69 Å². The average molecular weight is 325 g/mol. The third-order valence-corrected chi connectivity index (χ3v) is 3.72. The first-order valence-electron chi connectivity index (χ1n) is 8.11. The maximum atomic E-state index is 11.8. The number of nitrogens with zero attached hydrogens (tertiary/aromatic N) is 3. The molecule has 3 aromatic heterocycles. The molecule has 0 atom stereocenters. The van der Waals surface area contributed by atoms with Crippen LogP contribution in [0.2, 0.25) is 0 Å². The Balaban J connectivity index is 1.99. The molecule has 3 heterocycles. The van der Waals surface area contributed by atoms with Gasteiger partial charge in [-0.1, -0.05) is 6.92 Å². The number of nitrogens with one attached hydrogen (secondary N) is 2. The van der Waals surface area contributed by atoms with E-state index in [0.29, 0.717) is 17.8 Å². The zero-order valence-corrected chi connectivity index (χ0v) is 14.8. The Morgan fingerprint density at radius 2 is 2.04 bits per heavy atom. The molecular formula is C18H23N5O. The van der Waals surface area contributed by atoms with Crippen molar-refractivity contribution in [2.45, 2.75) is 39.7 Å². The highest BCUT2D eigenvalue weighted by Crippen LogP contribution is 2.25. The number of aryl methyl sites for hydroxylation is 1. The van der Waals surface area contributed by atoms with Gasteiger partial charge in [0.25, 0.3) is 0 Å². The van der Waals surface area contributed by atoms with Crippen molar-refractivity contribution >= 4 is 22.6 Å². The summed E-state index contributed by atoms with van der Waals surface area (Å²) in [5.74, 6) is 0.764.